The quantitative estimate of drug-likeness (QED) is 0.548. The molecule has 1 amide bonds. The van der Waals surface area contributed by atoms with Gasteiger partial charge < -0.3 is 20.5 Å². The molecule has 0 saturated carbocycles. The van der Waals surface area contributed by atoms with E-state index in [4.69, 9.17) is 5.73 Å². The number of guanidine groups is 1. The highest BCUT2D eigenvalue weighted by Gasteiger charge is 2.35. The van der Waals surface area contributed by atoms with E-state index in [1.54, 1.807) is 0 Å². The molecule has 3 heterocycles. The molecule has 2 aliphatic rings. The molecule has 3 rings (SSSR count). The first-order valence-electron chi connectivity index (χ1n) is 9.72. The van der Waals surface area contributed by atoms with Gasteiger partial charge in [0.1, 0.15) is 11.6 Å². The molecule has 0 aromatic carbocycles. The van der Waals surface area contributed by atoms with Crippen molar-refractivity contribution in [3.05, 3.63) is 11.6 Å². The standard InChI is InChI=1S/C18H32N8O/c1-13-22-23-15-6-5-14(12-26(13)15)11-21-17(20-4)24-7-9-25(10-8-24)18(2,3)16(19)27/h14H,5-12H2,1-4H3,(H2,19,27)(H,20,21). The first-order valence-corrected chi connectivity index (χ1v) is 9.72. The molecular weight excluding hydrogens is 344 g/mol. The molecule has 0 spiro atoms. The van der Waals surface area contributed by atoms with Crippen LogP contribution < -0.4 is 11.1 Å². The van der Waals surface area contributed by atoms with Crippen molar-refractivity contribution in [2.45, 2.75) is 45.7 Å². The molecule has 1 unspecified atom stereocenters. The Labute approximate surface area is 161 Å². The van der Waals surface area contributed by atoms with Crippen LogP contribution in [-0.4, -0.2) is 81.7 Å². The number of primary amides is 1. The number of amides is 1. The van der Waals surface area contributed by atoms with Crippen LogP contribution in [0.25, 0.3) is 0 Å². The van der Waals surface area contributed by atoms with Gasteiger partial charge in [-0.05, 0) is 33.1 Å². The molecule has 0 bridgehead atoms. The zero-order valence-corrected chi connectivity index (χ0v) is 16.9. The number of fused-ring (bicyclic) bond motifs is 1. The molecule has 9 nitrogen and oxygen atoms in total. The van der Waals surface area contributed by atoms with Crippen LogP contribution in [0.3, 0.4) is 0 Å². The number of carbonyl (C=O) groups excluding carboxylic acids is 1. The van der Waals surface area contributed by atoms with E-state index < -0.39 is 5.54 Å². The van der Waals surface area contributed by atoms with Crippen molar-refractivity contribution in [1.82, 2.24) is 29.9 Å². The van der Waals surface area contributed by atoms with Crippen molar-refractivity contribution >= 4 is 11.9 Å². The summed E-state index contributed by atoms with van der Waals surface area (Å²) in [5.74, 6) is 3.28. The van der Waals surface area contributed by atoms with Crippen LogP contribution in [0.1, 0.15) is 31.9 Å². The second-order valence-electron chi connectivity index (χ2n) is 8.00. The van der Waals surface area contributed by atoms with Gasteiger partial charge in [0.25, 0.3) is 0 Å². The summed E-state index contributed by atoms with van der Waals surface area (Å²) in [5.41, 5.74) is 4.94. The molecule has 2 aliphatic heterocycles. The Hall–Kier alpha value is -2.16. The summed E-state index contributed by atoms with van der Waals surface area (Å²) in [5, 5.41) is 12.0. The Bertz CT molecular complexity index is 702. The number of hydrogen-bond donors (Lipinski definition) is 2. The molecule has 1 fully saturated rings. The number of piperazine rings is 1. The van der Waals surface area contributed by atoms with E-state index in [1.165, 1.54) is 0 Å². The summed E-state index contributed by atoms with van der Waals surface area (Å²) >= 11 is 0. The van der Waals surface area contributed by atoms with E-state index in [0.29, 0.717) is 5.92 Å². The minimum atomic E-state index is -0.612. The number of rotatable bonds is 4. The molecule has 1 aromatic rings. The lowest BCUT2D eigenvalue weighted by molar-refractivity contribution is -0.129. The molecular formula is C18H32N8O. The van der Waals surface area contributed by atoms with Crippen molar-refractivity contribution in [3.8, 4) is 0 Å². The van der Waals surface area contributed by atoms with Gasteiger partial charge in [-0.25, -0.2) is 0 Å². The predicted molar refractivity (Wildman–Crippen MR) is 104 cm³/mol. The van der Waals surface area contributed by atoms with E-state index in [1.807, 2.05) is 27.8 Å². The first-order chi connectivity index (χ1) is 12.8. The molecule has 1 aromatic heterocycles. The number of carbonyl (C=O) groups is 1. The third kappa shape index (κ3) is 4.07. The monoisotopic (exact) mass is 376 g/mol. The van der Waals surface area contributed by atoms with Crippen molar-refractivity contribution in [3.63, 3.8) is 0 Å². The Balaban J connectivity index is 1.51. The molecule has 150 valence electrons. The van der Waals surface area contributed by atoms with Gasteiger partial charge in [-0.1, -0.05) is 0 Å². The van der Waals surface area contributed by atoms with Gasteiger partial charge in [0.05, 0.1) is 5.54 Å². The van der Waals surface area contributed by atoms with Gasteiger partial charge in [0.15, 0.2) is 5.96 Å². The zero-order valence-electron chi connectivity index (χ0n) is 16.9. The first kappa shape index (κ1) is 19.6. The maximum absolute atomic E-state index is 11.7. The number of nitrogens with one attached hydrogen (secondary N) is 1. The highest BCUT2D eigenvalue weighted by molar-refractivity contribution is 5.84. The van der Waals surface area contributed by atoms with Gasteiger partial charge in [-0.3, -0.25) is 14.7 Å². The summed E-state index contributed by atoms with van der Waals surface area (Å²) in [6, 6.07) is 0. The maximum Gasteiger partial charge on any atom is 0.237 e. The van der Waals surface area contributed by atoms with Gasteiger partial charge in [-0.15, -0.1) is 10.2 Å². The average Bonchev–Trinajstić information content (AvgIpc) is 3.03. The number of nitrogens with two attached hydrogens (primary N) is 1. The summed E-state index contributed by atoms with van der Waals surface area (Å²) in [4.78, 5) is 20.5. The molecule has 9 heteroatoms. The Morgan fingerprint density at radius 2 is 2.00 bits per heavy atom. The van der Waals surface area contributed by atoms with Crippen LogP contribution in [0.2, 0.25) is 0 Å². The highest BCUT2D eigenvalue weighted by Crippen LogP contribution is 2.20. The lowest BCUT2D eigenvalue weighted by Crippen LogP contribution is -2.61. The maximum atomic E-state index is 11.7. The predicted octanol–water partition coefficient (Wildman–Crippen LogP) is -0.394. The van der Waals surface area contributed by atoms with Gasteiger partial charge in [0.2, 0.25) is 5.91 Å². The number of aryl methyl sites for hydroxylation is 2. The average molecular weight is 377 g/mol. The summed E-state index contributed by atoms with van der Waals surface area (Å²) < 4.78 is 2.23. The topological polar surface area (TPSA) is 105 Å². The fourth-order valence-electron chi connectivity index (χ4n) is 3.90. The van der Waals surface area contributed by atoms with Crippen LogP contribution in [0.15, 0.2) is 4.99 Å². The smallest absolute Gasteiger partial charge is 0.237 e. The van der Waals surface area contributed by atoms with Crippen LogP contribution in [0.4, 0.5) is 0 Å². The van der Waals surface area contributed by atoms with Crippen molar-refractivity contribution in [1.29, 1.82) is 0 Å². The van der Waals surface area contributed by atoms with E-state index >= 15 is 0 Å². The summed E-state index contributed by atoms with van der Waals surface area (Å²) in [6.07, 6.45) is 2.09. The fourth-order valence-corrected chi connectivity index (χ4v) is 3.90. The molecule has 0 aliphatic carbocycles. The number of aromatic nitrogens is 3. The van der Waals surface area contributed by atoms with E-state index in [9.17, 15) is 4.79 Å². The normalized spacial score (nSPS) is 21.9. The van der Waals surface area contributed by atoms with Gasteiger partial charge >= 0.3 is 0 Å². The van der Waals surface area contributed by atoms with E-state index in [-0.39, 0.29) is 5.91 Å². The van der Waals surface area contributed by atoms with E-state index in [2.05, 4.69) is 34.9 Å². The van der Waals surface area contributed by atoms with Crippen LogP contribution in [0, 0.1) is 12.8 Å². The third-order valence-electron chi connectivity index (χ3n) is 5.96. The minimum Gasteiger partial charge on any atom is -0.368 e. The van der Waals surface area contributed by atoms with Crippen molar-refractivity contribution in [2.75, 3.05) is 39.8 Å². The number of nitrogens with zero attached hydrogens (tertiary/aromatic N) is 6. The molecule has 1 saturated heterocycles. The summed E-state index contributed by atoms with van der Waals surface area (Å²) in [6.45, 7) is 10.9. The summed E-state index contributed by atoms with van der Waals surface area (Å²) in [7, 11) is 1.82. The largest absolute Gasteiger partial charge is 0.368 e. The Morgan fingerprint density at radius 1 is 1.30 bits per heavy atom. The Kier molecular flexibility index (Phi) is 5.69. The molecule has 3 N–H and O–H groups in total. The molecule has 0 radical (unpaired) electrons. The van der Waals surface area contributed by atoms with Crippen LogP contribution >= 0.6 is 0 Å². The highest BCUT2D eigenvalue weighted by atomic mass is 16.1. The SMILES string of the molecule is CN=C(NCC1CCc2nnc(C)n2C1)N1CCN(C(C)(C)C(N)=O)CC1. The van der Waals surface area contributed by atoms with Gasteiger partial charge in [-0.2, -0.15) is 0 Å². The lowest BCUT2D eigenvalue weighted by atomic mass is 9.99. The Morgan fingerprint density at radius 3 is 2.63 bits per heavy atom. The number of aliphatic imine (C=N–C) groups is 1. The second kappa shape index (κ2) is 7.84. The van der Waals surface area contributed by atoms with Gasteiger partial charge in [0, 0.05) is 52.7 Å². The molecule has 27 heavy (non-hydrogen) atoms. The van der Waals surface area contributed by atoms with E-state index in [0.717, 1.165) is 69.7 Å². The van der Waals surface area contributed by atoms with Crippen molar-refractivity contribution in [2.24, 2.45) is 16.6 Å². The van der Waals surface area contributed by atoms with Crippen molar-refractivity contribution < 1.29 is 4.79 Å². The minimum absolute atomic E-state index is 0.278. The second-order valence-corrected chi connectivity index (χ2v) is 8.00. The van der Waals surface area contributed by atoms with Crippen LogP contribution in [-0.2, 0) is 17.8 Å². The number of hydrogen-bond acceptors (Lipinski definition) is 5. The lowest BCUT2D eigenvalue weighted by Gasteiger charge is -2.43. The van der Waals surface area contributed by atoms with Crippen LogP contribution in [0.5, 0.6) is 0 Å². The zero-order chi connectivity index (χ0) is 19.6. The molecule has 1 atom stereocenters. The third-order valence-corrected chi connectivity index (χ3v) is 5.96. The fraction of sp³-hybridized carbons (Fsp3) is 0.778.